The maximum Gasteiger partial charge on any atom is 0.337 e. The summed E-state index contributed by atoms with van der Waals surface area (Å²) in [6.45, 7) is 0. The van der Waals surface area contributed by atoms with Gasteiger partial charge in [-0.1, -0.05) is 48.2 Å². The van der Waals surface area contributed by atoms with E-state index in [0.29, 0.717) is 22.5 Å². The Bertz CT molecular complexity index is 1490. The first-order chi connectivity index (χ1) is 14.6. The van der Waals surface area contributed by atoms with Gasteiger partial charge in [-0.05, 0) is 18.2 Å². The Hall–Kier alpha value is -3.91. The fourth-order valence-electron chi connectivity index (χ4n) is 3.30. The fourth-order valence-corrected chi connectivity index (χ4v) is 4.45. The van der Waals surface area contributed by atoms with Gasteiger partial charge >= 0.3 is 5.63 Å². The minimum Gasteiger partial charge on any atom is -0.423 e. The van der Waals surface area contributed by atoms with Crippen LogP contribution in [-0.4, -0.2) is 14.3 Å². The first-order valence-corrected chi connectivity index (χ1v) is 9.84. The number of nitrogens with zero attached hydrogens (tertiary/aromatic N) is 3. The number of para-hydroxylation sites is 1. The van der Waals surface area contributed by atoms with Crippen LogP contribution in [0.25, 0.3) is 27.9 Å². The molecule has 0 radical (unpaired) electrons. The molecule has 0 aliphatic carbocycles. The maximum absolute atomic E-state index is 12.1. The third-order valence-electron chi connectivity index (χ3n) is 4.64. The second-order valence-electron chi connectivity index (χ2n) is 6.53. The van der Waals surface area contributed by atoms with Crippen LogP contribution in [0.4, 0.5) is 5.69 Å². The summed E-state index contributed by atoms with van der Waals surface area (Å²) < 4.78 is 7.20. The van der Waals surface area contributed by atoms with Gasteiger partial charge in [0.25, 0.3) is 5.69 Å². The van der Waals surface area contributed by atoms with Crippen LogP contribution in [0.15, 0.2) is 98.1 Å². The predicted molar refractivity (Wildman–Crippen MR) is 114 cm³/mol. The van der Waals surface area contributed by atoms with Gasteiger partial charge in [-0.3, -0.25) is 14.5 Å². The highest BCUT2D eigenvalue weighted by Crippen LogP contribution is 2.39. The summed E-state index contributed by atoms with van der Waals surface area (Å²) in [5.41, 5.74) is 1.98. The lowest BCUT2D eigenvalue weighted by Crippen LogP contribution is -1.98. The largest absolute Gasteiger partial charge is 0.423 e. The summed E-state index contributed by atoms with van der Waals surface area (Å²) in [6.07, 6.45) is 1.87. The summed E-state index contributed by atoms with van der Waals surface area (Å²) in [7, 11) is 0. The molecular weight excluding hydrogens is 402 g/mol. The second kappa shape index (κ2) is 7.16. The predicted octanol–water partition coefficient (Wildman–Crippen LogP) is 5.17. The number of non-ortho nitro benzene ring substituents is 1. The zero-order valence-electron chi connectivity index (χ0n) is 15.4. The van der Waals surface area contributed by atoms with E-state index in [9.17, 15) is 14.9 Å². The van der Waals surface area contributed by atoms with Crippen molar-refractivity contribution in [3.8, 4) is 11.3 Å². The van der Waals surface area contributed by atoms with Crippen LogP contribution in [0.1, 0.15) is 0 Å². The first kappa shape index (κ1) is 18.1. The number of nitro groups is 1. The number of aromatic nitrogens is 2. The van der Waals surface area contributed by atoms with Crippen LogP contribution in [0.3, 0.4) is 0 Å². The highest BCUT2D eigenvalue weighted by Gasteiger charge is 2.19. The van der Waals surface area contributed by atoms with E-state index in [1.54, 1.807) is 18.2 Å². The zero-order chi connectivity index (χ0) is 20.7. The highest BCUT2D eigenvalue weighted by atomic mass is 32.2. The van der Waals surface area contributed by atoms with E-state index in [2.05, 4.69) is 0 Å². The molecule has 0 saturated carbocycles. The lowest BCUT2D eigenvalue weighted by molar-refractivity contribution is -0.384. The molecule has 0 aliphatic rings. The summed E-state index contributed by atoms with van der Waals surface area (Å²) in [4.78, 5) is 28.3. The molecule has 30 heavy (non-hydrogen) atoms. The molecule has 3 aromatic heterocycles. The van der Waals surface area contributed by atoms with Crippen molar-refractivity contribution in [3.05, 3.63) is 99.5 Å². The summed E-state index contributed by atoms with van der Waals surface area (Å²) >= 11 is 1.37. The van der Waals surface area contributed by atoms with Crippen molar-refractivity contribution in [2.45, 2.75) is 9.92 Å². The number of nitro benzene ring substituents is 1. The van der Waals surface area contributed by atoms with Crippen LogP contribution < -0.4 is 5.63 Å². The van der Waals surface area contributed by atoms with Crippen LogP contribution in [0.5, 0.6) is 0 Å². The van der Waals surface area contributed by atoms with E-state index in [1.165, 1.54) is 30.0 Å². The molecule has 0 fully saturated rings. The Kier molecular flexibility index (Phi) is 4.33. The molecule has 5 aromatic rings. The molecule has 7 nitrogen and oxygen atoms in total. The molecule has 0 bridgehead atoms. The standard InChI is InChI=1S/C22H13N3O4S/c26-20-13-18(16-8-1-2-9-17(16)29-20)30-22-21(23-19-10-3-4-11-24(19)22)14-6-5-7-15(12-14)25(27)28/h1-13H. The lowest BCUT2D eigenvalue weighted by atomic mass is 10.1. The van der Waals surface area contributed by atoms with Gasteiger partial charge in [-0.15, -0.1) is 0 Å². The quantitative estimate of drug-likeness (QED) is 0.229. The van der Waals surface area contributed by atoms with E-state index in [-0.39, 0.29) is 5.69 Å². The number of benzene rings is 2. The summed E-state index contributed by atoms with van der Waals surface area (Å²) in [6, 6.07) is 20.8. The zero-order valence-corrected chi connectivity index (χ0v) is 16.2. The smallest absolute Gasteiger partial charge is 0.337 e. The monoisotopic (exact) mass is 415 g/mol. The topological polar surface area (TPSA) is 90.6 Å². The molecule has 0 amide bonds. The normalized spacial score (nSPS) is 11.2. The van der Waals surface area contributed by atoms with E-state index in [1.807, 2.05) is 47.0 Å². The number of hydrogen-bond donors (Lipinski definition) is 0. The molecule has 8 heteroatoms. The van der Waals surface area contributed by atoms with E-state index in [0.717, 1.165) is 15.3 Å². The van der Waals surface area contributed by atoms with Crippen molar-refractivity contribution in [2.75, 3.05) is 0 Å². The molecule has 0 spiro atoms. The number of rotatable bonds is 4. The molecule has 0 atom stereocenters. The molecule has 0 saturated heterocycles. The van der Waals surface area contributed by atoms with Crippen molar-refractivity contribution < 1.29 is 9.34 Å². The Morgan fingerprint density at radius 3 is 2.70 bits per heavy atom. The van der Waals surface area contributed by atoms with E-state index < -0.39 is 10.5 Å². The van der Waals surface area contributed by atoms with E-state index >= 15 is 0 Å². The molecule has 146 valence electrons. The van der Waals surface area contributed by atoms with Crippen LogP contribution >= 0.6 is 11.8 Å². The second-order valence-corrected chi connectivity index (χ2v) is 7.56. The van der Waals surface area contributed by atoms with Crippen LogP contribution in [0, 0.1) is 10.1 Å². The third kappa shape index (κ3) is 3.13. The van der Waals surface area contributed by atoms with Gasteiger partial charge in [0.15, 0.2) is 0 Å². The van der Waals surface area contributed by atoms with Gasteiger partial charge in [0, 0.05) is 40.2 Å². The molecule has 5 rings (SSSR count). The third-order valence-corrected chi connectivity index (χ3v) is 5.78. The van der Waals surface area contributed by atoms with Crippen molar-refractivity contribution in [1.29, 1.82) is 0 Å². The number of pyridine rings is 1. The van der Waals surface area contributed by atoms with Gasteiger partial charge in [-0.25, -0.2) is 9.78 Å². The van der Waals surface area contributed by atoms with Crippen LogP contribution in [0.2, 0.25) is 0 Å². The van der Waals surface area contributed by atoms with Crippen LogP contribution in [-0.2, 0) is 0 Å². The Labute approximate surface area is 173 Å². The minimum atomic E-state index is -0.443. The molecule has 0 unspecified atom stereocenters. The summed E-state index contributed by atoms with van der Waals surface area (Å²) in [5, 5.41) is 12.8. The highest BCUT2D eigenvalue weighted by molar-refractivity contribution is 7.99. The van der Waals surface area contributed by atoms with Crippen molar-refractivity contribution in [1.82, 2.24) is 9.38 Å². The molecule has 2 aromatic carbocycles. The molecule has 0 N–H and O–H groups in total. The number of imidazole rings is 1. The Balaban J connectivity index is 1.74. The first-order valence-electron chi connectivity index (χ1n) is 9.03. The Morgan fingerprint density at radius 1 is 1.00 bits per heavy atom. The SMILES string of the molecule is O=c1cc(Sc2c(-c3cccc([N+](=O)[O-])c3)nc3ccccn23)c2ccccc2o1. The number of hydrogen-bond acceptors (Lipinski definition) is 6. The van der Waals surface area contributed by atoms with Gasteiger partial charge in [0.1, 0.15) is 22.0 Å². The van der Waals surface area contributed by atoms with Crippen molar-refractivity contribution in [3.63, 3.8) is 0 Å². The Morgan fingerprint density at radius 2 is 1.83 bits per heavy atom. The van der Waals surface area contributed by atoms with Gasteiger partial charge in [0.2, 0.25) is 0 Å². The van der Waals surface area contributed by atoms with Gasteiger partial charge in [0.05, 0.1) is 4.92 Å². The van der Waals surface area contributed by atoms with Crippen molar-refractivity contribution in [2.24, 2.45) is 0 Å². The molecular formula is C22H13N3O4S. The molecule has 3 heterocycles. The van der Waals surface area contributed by atoms with Crippen molar-refractivity contribution >= 4 is 34.1 Å². The number of fused-ring (bicyclic) bond motifs is 2. The lowest BCUT2D eigenvalue weighted by Gasteiger charge is -2.07. The summed E-state index contributed by atoms with van der Waals surface area (Å²) in [5.74, 6) is 0. The van der Waals surface area contributed by atoms with Gasteiger partial charge < -0.3 is 4.42 Å². The average molecular weight is 415 g/mol. The maximum atomic E-state index is 12.1. The fraction of sp³-hybridized carbons (Fsp3) is 0. The average Bonchev–Trinajstić information content (AvgIpc) is 3.12. The van der Waals surface area contributed by atoms with E-state index in [4.69, 9.17) is 9.40 Å². The minimum absolute atomic E-state index is 0.00804. The molecule has 0 aliphatic heterocycles. The van der Waals surface area contributed by atoms with Gasteiger partial charge in [-0.2, -0.15) is 0 Å².